The second-order valence-electron chi connectivity index (χ2n) is 3.88. The number of carbonyl (C=O) groups is 1. The number of hydrogen-bond acceptors (Lipinski definition) is 2. The van der Waals surface area contributed by atoms with Crippen LogP contribution >= 0.6 is 0 Å². The second kappa shape index (κ2) is 5.51. The van der Waals surface area contributed by atoms with Gasteiger partial charge in [-0.1, -0.05) is 30.3 Å². The average molecular weight is 206 g/mol. The van der Waals surface area contributed by atoms with E-state index >= 15 is 0 Å². The van der Waals surface area contributed by atoms with E-state index < -0.39 is 0 Å². The summed E-state index contributed by atoms with van der Waals surface area (Å²) in [4.78, 5) is 10.8. The normalized spacial score (nSPS) is 14.5. The molecule has 0 aliphatic carbocycles. The van der Waals surface area contributed by atoms with Gasteiger partial charge >= 0.3 is 0 Å². The van der Waals surface area contributed by atoms with Crippen molar-refractivity contribution in [3.63, 3.8) is 0 Å². The van der Waals surface area contributed by atoms with Gasteiger partial charge in [0.2, 0.25) is 5.91 Å². The summed E-state index contributed by atoms with van der Waals surface area (Å²) in [6.07, 6.45) is 0.901. The molecular formula is C12H18N2O. The number of carbonyl (C=O) groups excluding carboxylic acids is 1. The third kappa shape index (κ3) is 4.13. The first-order valence-corrected chi connectivity index (χ1v) is 5.19. The Morgan fingerprint density at radius 2 is 1.93 bits per heavy atom. The Balaban J connectivity index is 2.43. The molecule has 0 spiro atoms. The average Bonchev–Trinajstić information content (AvgIpc) is 2.18. The van der Waals surface area contributed by atoms with Crippen LogP contribution in [-0.4, -0.2) is 18.0 Å². The minimum absolute atomic E-state index is 0.245. The quantitative estimate of drug-likeness (QED) is 0.757. The smallest absolute Gasteiger partial charge is 0.234 e. The third-order valence-corrected chi connectivity index (χ3v) is 2.35. The van der Waals surface area contributed by atoms with Gasteiger partial charge in [-0.05, 0) is 25.8 Å². The molecule has 0 bridgehead atoms. The molecule has 0 heterocycles. The standard InChI is InChI=1S/C12H18N2O/c1-9(14-10(2)12(13)15)8-11-6-4-3-5-7-11/h3-7,9-10,14H,8H2,1-2H3,(H2,13,15). The second-order valence-corrected chi connectivity index (χ2v) is 3.88. The van der Waals surface area contributed by atoms with Gasteiger partial charge in [0.1, 0.15) is 0 Å². The molecule has 0 saturated carbocycles. The highest BCUT2D eigenvalue weighted by atomic mass is 16.1. The number of amides is 1. The Bertz CT molecular complexity index is 311. The molecule has 0 aliphatic heterocycles. The number of nitrogens with one attached hydrogen (secondary N) is 1. The molecule has 82 valence electrons. The Hall–Kier alpha value is -1.35. The van der Waals surface area contributed by atoms with E-state index in [9.17, 15) is 4.79 Å². The molecule has 1 rings (SSSR count). The van der Waals surface area contributed by atoms with Crippen LogP contribution in [0.15, 0.2) is 30.3 Å². The molecule has 0 aliphatic rings. The van der Waals surface area contributed by atoms with Crippen molar-refractivity contribution in [1.82, 2.24) is 5.32 Å². The summed E-state index contributed by atoms with van der Waals surface area (Å²) in [5, 5.41) is 3.15. The summed E-state index contributed by atoms with van der Waals surface area (Å²) >= 11 is 0. The molecule has 1 aromatic rings. The topological polar surface area (TPSA) is 55.1 Å². The molecule has 1 amide bonds. The van der Waals surface area contributed by atoms with Gasteiger partial charge in [0.15, 0.2) is 0 Å². The molecule has 2 unspecified atom stereocenters. The molecule has 0 fully saturated rings. The van der Waals surface area contributed by atoms with Crippen molar-refractivity contribution in [2.45, 2.75) is 32.4 Å². The van der Waals surface area contributed by atoms with E-state index in [-0.39, 0.29) is 18.0 Å². The van der Waals surface area contributed by atoms with E-state index in [1.807, 2.05) is 25.1 Å². The highest BCUT2D eigenvalue weighted by Gasteiger charge is 2.11. The fraction of sp³-hybridized carbons (Fsp3) is 0.417. The molecule has 0 saturated heterocycles. The van der Waals surface area contributed by atoms with E-state index in [4.69, 9.17) is 5.73 Å². The monoisotopic (exact) mass is 206 g/mol. The zero-order chi connectivity index (χ0) is 11.3. The Kier molecular flexibility index (Phi) is 4.31. The van der Waals surface area contributed by atoms with Crippen LogP contribution in [0.5, 0.6) is 0 Å². The lowest BCUT2D eigenvalue weighted by Crippen LogP contribution is -2.44. The molecule has 1 aromatic carbocycles. The van der Waals surface area contributed by atoms with E-state index in [0.29, 0.717) is 0 Å². The number of benzene rings is 1. The number of rotatable bonds is 5. The van der Waals surface area contributed by atoms with Gasteiger partial charge in [-0.15, -0.1) is 0 Å². The fourth-order valence-corrected chi connectivity index (χ4v) is 1.54. The summed E-state index contributed by atoms with van der Waals surface area (Å²) < 4.78 is 0. The highest BCUT2D eigenvalue weighted by molar-refractivity contribution is 5.79. The minimum Gasteiger partial charge on any atom is -0.368 e. The van der Waals surface area contributed by atoms with Crippen LogP contribution in [-0.2, 0) is 11.2 Å². The molecule has 15 heavy (non-hydrogen) atoms. The van der Waals surface area contributed by atoms with Gasteiger partial charge in [-0.3, -0.25) is 4.79 Å². The lowest BCUT2D eigenvalue weighted by Gasteiger charge is -2.17. The Morgan fingerprint density at radius 3 is 2.47 bits per heavy atom. The van der Waals surface area contributed by atoms with Crippen molar-refractivity contribution in [2.75, 3.05) is 0 Å². The fourth-order valence-electron chi connectivity index (χ4n) is 1.54. The number of nitrogens with two attached hydrogens (primary N) is 1. The van der Waals surface area contributed by atoms with E-state index in [0.717, 1.165) is 6.42 Å². The predicted octanol–water partition coefficient (Wildman–Crippen LogP) is 1.08. The summed E-state index contributed by atoms with van der Waals surface area (Å²) in [7, 11) is 0. The van der Waals surface area contributed by atoms with Crippen LogP contribution in [0.3, 0.4) is 0 Å². The van der Waals surface area contributed by atoms with Crippen molar-refractivity contribution in [1.29, 1.82) is 0 Å². The van der Waals surface area contributed by atoms with Gasteiger partial charge < -0.3 is 11.1 Å². The van der Waals surface area contributed by atoms with Gasteiger partial charge in [-0.25, -0.2) is 0 Å². The zero-order valence-corrected chi connectivity index (χ0v) is 9.23. The SMILES string of the molecule is CC(Cc1ccccc1)NC(C)C(N)=O. The van der Waals surface area contributed by atoms with Crippen LogP contribution in [0.25, 0.3) is 0 Å². The minimum atomic E-state index is -0.310. The van der Waals surface area contributed by atoms with E-state index in [1.165, 1.54) is 5.56 Å². The van der Waals surface area contributed by atoms with Gasteiger partial charge in [-0.2, -0.15) is 0 Å². The van der Waals surface area contributed by atoms with Crippen molar-refractivity contribution < 1.29 is 4.79 Å². The van der Waals surface area contributed by atoms with Crippen LogP contribution in [0.2, 0.25) is 0 Å². The van der Waals surface area contributed by atoms with E-state index in [1.54, 1.807) is 6.92 Å². The van der Waals surface area contributed by atoms with Gasteiger partial charge in [0, 0.05) is 6.04 Å². The van der Waals surface area contributed by atoms with Crippen LogP contribution in [0, 0.1) is 0 Å². The molecule has 3 nitrogen and oxygen atoms in total. The lowest BCUT2D eigenvalue weighted by molar-refractivity contribution is -0.119. The number of hydrogen-bond donors (Lipinski definition) is 2. The summed E-state index contributed by atoms with van der Waals surface area (Å²) in [5.41, 5.74) is 6.43. The third-order valence-electron chi connectivity index (χ3n) is 2.35. The van der Waals surface area contributed by atoms with Gasteiger partial charge in [0.25, 0.3) is 0 Å². The molecule has 3 N–H and O–H groups in total. The first-order chi connectivity index (χ1) is 7.09. The van der Waals surface area contributed by atoms with Gasteiger partial charge in [0.05, 0.1) is 6.04 Å². The first-order valence-electron chi connectivity index (χ1n) is 5.19. The van der Waals surface area contributed by atoms with Crippen molar-refractivity contribution in [3.05, 3.63) is 35.9 Å². The van der Waals surface area contributed by atoms with Crippen molar-refractivity contribution in [3.8, 4) is 0 Å². The zero-order valence-electron chi connectivity index (χ0n) is 9.23. The molecule has 0 radical (unpaired) electrons. The maximum Gasteiger partial charge on any atom is 0.234 e. The maximum atomic E-state index is 10.8. The molecular weight excluding hydrogens is 188 g/mol. The maximum absolute atomic E-state index is 10.8. The lowest BCUT2D eigenvalue weighted by atomic mass is 10.1. The number of primary amides is 1. The summed E-state index contributed by atoms with van der Waals surface area (Å²) in [6.45, 7) is 3.83. The van der Waals surface area contributed by atoms with Crippen LogP contribution in [0.1, 0.15) is 19.4 Å². The Morgan fingerprint density at radius 1 is 1.33 bits per heavy atom. The van der Waals surface area contributed by atoms with Crippen LogP contribution in [0.4, 0.5) is 0 Å². The largest absolute Gasteiger partial charge is 0.368 e. The summed E-state index contributed by atoms with van der Waals surface area (Å²) in [5.74, 6) is -0.310. The molecule has 3 heteroatoms. The van der Waals surface area contributed by atoms with E-state index in [2.05, 4.69) is 17.4 Å². The van der Waals surface area contributed by atoms with Crippen LogP contribution < -0.4 is 11.1 Å². The van der Waals surface area contributed by atoms with Crippen molar-refractivity contribution in [2.24, 2.45) is 5.73 Å². The van der Waals surface area contributed by atoms with Crippen molar-refractivity contribution >= 4 is 5.91 Å². The predicted molar refractivity (Wildman–Crippen MR) is 61.4 cm³/mol. The highest BCUT2D eigenvalue weighted by Crippen LogP contribution is 2.03. The molecule has 0 aromatic heterocycles. The first kappa shape index (κ1) is 11.7. The Labute approximate surface area is 90.7 Å². The molecule has 2 atom stereocenters. The summed E-state index contributed by atoms with van der Waals surface area (Å²) in [6, 6.07) is 10.1.